The van der Waals surface area contributed by atoms with Crippen LogP contribution in [0.25, 0.3) is 0 Å². The van der Waals surface area contributed by atoms with Gasteiger partial charge in [-0.05, 0) is 68.9 Å². The number of thiol groups is 1. The van der Waals surface area contributed by atoms with E-state index in [0.29, 0.717) is 12.5 Å². The Morgan fingerprint density at radius 3 is 2.59 bits per heavy atom. The molecule has 0 saturated carbocycles. The van der Waals surface area contributed by atoms with E-state index in [9.17, 15) is 5.26 Å². The molecule has 206 valence electrons. The van der Waals surface area contributed by atoms with E-state index in [-0.39, 0.29) is 28.7 Å². The van der Waals surface area contributed by atoms with Crippen molar-refractivity contribution in [3.05, 3.63) is 23.7 Å². The first-order valence-corrected chi connectivity index (χ1v) is 14.8. The average Bonchev–Trinajstić information content (AvgIpc) is 2.91. The third-order valence-corrected chi connectivity index (χ3v) is 9.55. The van der Waals surface area contributed by atoms with Crippen LogP contribution in [0.15, 0.2) is 28.7 Å². The van der Waals surface area contributed by atoms with Crippen molar-refractivity contribution in [1.29, 1.82) is 5.26 Å². The Morgan fingerprint density at radius 1 is 1.16 bits per heavy atom. The first-order valence-electron chi connectivity index (χ1n) is 13.6. The van der Waals surface area contributed by atoms with Gasteiger partial charge >= 0.3 is 0 Å². The maximum absolute atomic E-state index is 10.3. The number of nitrogens with zero attached hydrogens (tertiary/aromatic N) is 4. The Bertz CT molecular complexity index is 906. The molecule has 37 heavy (non-hydrogen) atoms. The van der Waals surface area contributed by atoms with Gasteiger partial charge in [0.05, 0.1) is 39.1 Å². The molecular weight excluding hydrogens is 488 g/mol. The molecule has 0 radical (unpaired) electrons. The van der Waals surface area contributed by atoms with Crippen LogP contribution < -0.4 is 0 Å². The van der Waals surface area contributed by atoms with Crippen LogP contribution in [0.4, 0.5) is 0 Å². The molecule has 4 rings (SSSR count). The van der Waals surface area contributed by atoms with Gasteiger partial charge in [-0.3, -0.25) is 4.90 Å². The summed E-state index contributed by atoms with van der Waals surface area (Å²) in [4.78, 5) is 10.3. The molecule has 8 nitrogen and oxygen atoms in total. The number of allylic oxidation sites excluding steroid dienone is 2. The summed E-state index contributed by atoms with van der Waals surface area (Å²) in [5, 5.41) is 10.3. The van der Waals surface area contributed by atoms with Gasteiger partial charge in [-0.25, -0.2) is 4.99 Å². The van der Waals surface area contributed by atoms with Crippen LogP contribution >= 0.6 is 0 Å². The largest absolute Gasteiger partial charge is 0.493 e. The highest BCUT2D eigenvalue weighted by Crippen LogP contribution is 2.43. The number of ether oxygens (including phenoxy) is 4. The van der Waals surface area contributed by atoms with Gasteiger partial charge < -0.3 is 23.8 Å². The van der Waals surface area contributed by atoms with Crippen molar-refractivity contribution >= 4 is 17.6 Å². The summed E-state index contributed by atoms with van der Waals surface area (Å²) in [6.07, 6.45) is 7.21. The fraction of sp³-hybridized carbons (Fsp3) is 0.786. The van der Waals surface area contributed by atoms with Gasteiger partial charge in [-0.2, -0.15) is 5.26 Å². The number of fused-ring (bicyclic) bond motifs is 1. The van der Waals surface area contributed by atoms with E-state index in [0.717, 1.165) is 75.9 Å². The van der Waals surface area contributed by atoms with Crippen molar-refractivity contribution in [2.45, 2.75) is 44.1 Å². The van der Waals surface area contributed by atoms with Crippen molar-refractivity contribution in [1.82, 2.24) is 9.80 Å². The average molecular weight is 534 g/mol. The first-order chi connectivity index (χ1) is 17.9. The first kappa shape index (κ1) is 28.3. The van der Waals surface area contributed by atoms with E-state index in [4.69, 9.17) is 23.9 Å². The smallest absolute Gasteiger partial charge is 0.223 e. The lowest BCUT2D eigenvalue weighted by Crippen LogP contribution is -2.58. The fourth-order valence-corrected chi connectivity index (χ4v) is 7.55. The Kier molecular flexibility index (Phi) is 9.84. The lowest BCUT2D eigenvalue weighted by molar-refractivity contribution is -0.0988. The molecule has 3 aliphatic heterocycles. The van der Waals surface area contributed by atoms with Crippen LogP contribution in [0.1, 0.15) is 33.1 Å². The molecular formula is C28H45N4O4S+. The predicted octanol–water partition coefficient (Wildman–Crippen LogP) is 2.85. The number of rotatable bonds is 9. The monoisotopic (exact) mass is 533 g/mol. The van der Waals surface area contributed by atoms with E-state index in [1.807, 2.05) is 0 Å². The third kappa shape index (κ3) is 6.83. The maximum Gasteiger partial charge on any atom is 0.223 e. The van der Waals surface area contributed by atoms with E-state index < -0.39 is 0 Å². The number of amidine groups is 1. The van der Waals surface area contributed by atoms with Gasteiger partial charge in [0, 0.05) is 45.8 Å². The molecule has 9 heteroatoms. The standard InChI is InChI=1S/C28H44N4O4S/c1-28(2)17-21-22(18-29)27(37-15-8-20-6-7-24(34-4)25(16-20)35-5)30-26(23(21)19-36-28)32-11-9-31(10-12-32)13-14-33-3/h7,16,20-23,27H,6,8-15,17,19H2,1-5H3/p+1. The molecule has 0 amide bonds. The van der Waals surface area contributed by atoms with Crippen LogP contribution in [0.2, 0.25) is 0 Å². The summed E-state index contributed by atoms with van der Waals surface area (Å²) in [7, 11) is 5.14. The zero-order valence-electron chi connectivity index (χ0n) is 23.2. The van der Waals surface area contributed by atoms with E-state index in [1.165, 1.54) is 17.6 Å². The number of methoxy groups -OCH3 is 3. The molecule has 0 spiro atoms. The maximum atomic E-state index is 10.3. The number of aliphatic imine (C=N–C) groups is 1. The van der Waals surface area contributed by atoms with Crippen molar-refractivity contribution in [3.63, 3.8) is 0 Å². The van der Waals surface area contributed by atoms with E-state index in [1.54, 1.807) is 21.3 Å². The van der Waals surface area contributed by atoms with Crippen molar-refractivity contribution in [3.8, 4) is 6.07 Å². The number of hydrogen-bond acceptors (Lipinski definition) is 8. The zero-order valence-corrected chi connectivity index (χ0v) is 24.1. The second-order valence-electron chi connectivity index (χ2n) is 11.1. The second-order valence-corrected chi connectivity index (χ2v) is 12.5. The Labute approximate surface area is 227 Å². The molecule has 0 N–H and O–H groups in total. The molecule has 1 aliphatic carbocycles. The molecule has 4 aliphatic rings. The third-order valence-electron chi connectivity index (χ3n) is 8.23. The van der Waals surface area contributed by atoms with Gasteiger partial charge in [0.25, 0.3) is 0 Å². The van der Waals surface area contributed by atoms with Crippen LogP contribution in [0.5, 0.6) is 0 Å². The summed E-state index contributed by atoms with van der Waals surface area (Å²) in [5.41, 5.74) is -0.201. The summed E-state index contributed by atoms with van der Waals surface area (Å²) < 4.78 is 22.5. The zero-order chi connectivity index (χ0) is 26.4. The predicted molar refractivity (Wildman–Crippen MR) is 148 cm³/mol. The summed E-state index contributed by atoms with van der Waals surface area (Å²) in [6.45, 7) is 10.7. The van der Waals surface area contributed by atoms with Crippen LogP contribution in [-0.2, 0) is 30.7 Å². The Hall–Kier alpha value is -1.73. The van der Waals surface area contributed by atoms with Crippen LogP contribution in [0.3, 0.4) is 0 Å². The Balaban J connectivity index is 1.46. The SMILES string of the molecule is COCCN1CCN(C2=NC([SH+]CCC3C=C(OC)C(OC)=CC3)C(C#N)C3CC(C)(C)OCC23)CC1. The van der Waals surface area contributed by atoms with E-state index >= 15 is 0 Å². The van der Waals surface area contributed by atoms with Gasteiger partial charge in [-0.15, -0.1) is 0 Å². The van der Waals surface area contributed by atoms with Crippen molar-refractivity contribution < 1.29 is 18.9 Å². The van der Waals surface area contributed by atoms with Crippen LogP contribution in [-0.4, -0.2) is 99.6 Å². The molecule has 2 fully saturated rings. The van der Waals surface area contributed by atoms with Gasteiger partial charge in [-0.1, -0.05) is 0 Å². The highest BCUT2D eigenvalue weighted by Gasteiger charge is 2.51. The molecule has 5 unspecified atom stereocenters. The lowest BCUT2D eigenvalue weighted by atomic mass is 9.71. The summed E-state index contributed by atoms with van der Waals surface area (Å²) in [5.74, 6) is 4.67. The molecule has 0 aromatic carbocycles. The van der Waals surface area contributed by atoms with Crippen molar-refractivity contribution in [2.24, 2.45) is 28.7 Å². The minimum absolute atomic E-state index is 0.0150. The molecule has 3 heterocycles. The van der Waals surface area contributed by atoms with E-state index in [2.05, 4.69) is 41.9 Å². The highest BCUT2D eigenvalue weighted by molar-refractivity contribution is 7.79. The lowest BCUT2D eigenvalue weighted by Gasteiger charge is -2.48. The van der Waals surface area contributed by atoms with Crippen molar-refractivity contribution in [2.75, 3.05) is 73.0 Å². The summed E-state index contributed by atoms with van der Waals surface area (Å²) in [6, 6.07) is 2.69. The highest BCUT2D eigenvalue weighted by atomic mass is 32.2. The van der Waals surface area contributed by atoms with Gasteiger partial charge in [0.15, 0.2) is 11.5 Å². The summed E-state index contributed by atoms with van der Waals surface area (Å²) >= 11 is 1.24. The minimum atomic E-state index is -0.201. The topological polar surface area (TPSA) is 79.5 Å². The molecule has 0 aromatic rings. The number of hydrogen-bond donors (Lipinski definition) is 0. The molecule has 0 aromatic heterocycles. The molecule has 2 saturated heterocycles. The van der Waals surface area contributed by atoms with Gasteiger partial charge in [0.1, 0.15) is 17.5 Å². The Morgan fingerprint density at radius 2 is 1.92 bits per heavy atom. The van der Waals surface area contributed by atoms with Crippen LogP contribution in [0, 0.1) is 35.0 Å². The normalized spacial score (nSPS) is 31.9. The molecule has 5 atom stereocenters. The van der Waals surface area contributed by atoms with Gasteiger partial charge in [0.2, 0.25) is 5.37 Å². The second kappa shape index (κ2) is 12.9. The minimum Gasteiger partial charge on any atom is -0.493 e. The molecule has 0 bridgehead atoms. The quantitative estimate of drug-likeness (QED) is 0.333. The fourth-order valence-electron chi connectivity index (χ4n) is 6.09. The number of piperazine rings is 1. The number of nitriles is 1.